The Balaban J connectivity index is 1.50. The van der Waals surface area contributed by atoms with E-state index in [1.165, 1.54) is 6.33 Å². The third-order valence-corrected chi connectivity index (χ3v) is 3.72. The van der Waals surface area contributed by atoms with Gasteiger partial charge < -0.3 is 10.1 Å². The Labute approximate surface area is 134 Å². The van der Waals surface area contributed by atoms with Gasteiger partial charge in [-0.3, -0.25) is 19.1 Å². The molecule has 1 saturated heterocycles. The normalized spacial score (nSPS) is 19.0. The second kappa shape index (κ2) is 6.88. The summed E-state index contributed by atoms with van der Waals surface area (Å²) in [6, 6.07) is 1.85. The number of hydrogen-bond donors (Lipinski definition) is 1. The van der Waals surface area contributed by atoms with Gasteiger partial charge in [0, 0.05) is 26.2 Å². The van der Waals surface area contributed by atoms with Crippen molar-refractivity contribution in [1.29, 1.82) is 0 Å². The summed E-state index contributed by atoms with van der Waals surface area (Å²) in [7, 11) is 1.81. The van der Waals surface area contributed by atoms with Gasteiger partial charge in [-0.25, -0.2) is 4.98 Å². The molecule has 1 aliphatic rings. The highest BCUT2D eigenvalue weighted by atomic mass is 16.5. The second-order valence-corrected chi connectivity index (χ2v) is 5.69. The molecular weight excluding hydrogens is 298 g/mol. The molecule has 2 aromatic heterocycles. The molecule has 23 heavy (non-hydrogen) atoms. The Morgan fingerprint density at radius 3 is 3.09 bits per heavy atom. The third-order valence-electron chi connectivity index (χ3n) is 3.72. The molecule has 2 aromatic rings. The summed E-state index contributed by atoms with van der Waals surface area (Å²) in [4.78, 5) is 18.2. The molecule has 0 radical (unpaired) electrons. The summed E-state index contributed by atoms with van der Waals surface area (Å²) in [6.45, 7) is 4.91. The number of hydrogen-bond acceptors (Lipinski definition) is 6. The molecule has 3 heterocycles. The van der Waals surface area contributed by atoms with Crippen molar-refractivity contribution in [3.8, 4) is 0 Å². The number of anilines is 1. The van der Waals surface area contributed by atoms with Gasteiger partial charge in [0.25, 0.3) is 0 Å². The van der Waals surface area contributed by atoms with Crippen LogP contribution in [0.15, 0.2) is 18.7 Å². The highest BCUT2D eigenvalue weighted by molar-refractivity contribution is 5.91. The quantitative estimate of drug-likeness (QED) is 0.811. The van der Waals surface area contributed by atoms with E-state index in [1.807, 2.05) is 20.0 Å². The fraction of sp³-hybridized carbons (Fsp3) is 0.571. The summed E-state index contributed by atoms with van der Waals surface area (Å²) in [5.74, 6) is 0.661. The van der Waals surface area contributed by atoms with Gasteiger partial charge in [0.15, 0.2) is 0 Å². The summed E-state index contributed by atoms with van der Waals surface area (Å²) in [5, 5.41) is 11.2. The van der Waals surface area contributed by atoms with Crippen molar-refractivity contribution in [3.05, 3.63) is 24.4 Å². The molecule has 0 saturated carbocycles. The van der Waals surface area contributed by atoms with Crippen LogP contribution in [0.3, 0.4) is 0 Å². The predicted octanol–water partition coefficient (Wildman–Crippen LogP) is -0.340. The minimum atomic E-state index is -0.0468. The lowest BCUT2D eigenvalue weighted by molar-refractivity contribution is -0.119. The van der Waals surface area contributed by atoms with Crippen LogP contribution in [0.2, 0.25) is 0 Å². The number of rotatable bonds is 5. The Bertz CT molecular complexity index is 652. The first-order chi connectivity index (χ1) is 11.1. The number of amides is 1. The molecular formula is C14H21N7O2. The zero-order valence-corrected chi connectivity index (χ0v) is 13.3. The molecule has 0 spiro atoms. The van der Waals surface area contributed by atoms with Gasteiger partial charge in [-0.2, -0.15) is 10.2 Å². The molecule has 124 valence electrons. The first kappa shape index (κ1) is 15.6. The number of nitrogens with zero attached hydrogens (tertiary/aromatic N) is 6. The summed E-state index contributed by atoms with van der Waals surface area (Å²) in [5.41, 5.74) is 0.877. The van der Waals surface area contributed by atoms with Crippen LogP contribution < -0.4 is 5.32 Å². The Kier molecular flexibility index (Phi) is 4.68. The largest absolute Gasteiger partial charge is 0.374 e. The fourth-order valence-electron chi connectivity index (χ4n) is 2.68. The zero-order chi connectivity index (χ0) is 16.2. The van der Waals surface area contributed by atoms with E-state index in [9.17, 15) is 4.79 Å². The molecule has 0 aliphatic carbocycles. The molecule has 0 bridgehead atoms. The molecule has 0 unspecified atom stereocenters. The van der Waals surface area contributed by atoms with Gasteiger partial charge in [-0.05, 0) is 6.92 Å². The van der Waals surface area contributed by atoms with Crippen LogP contribution in [0, 0.1) is 6.92 Å². The van der Waals surface area contributed by atoms with E-state index < -0.39 is 0 Å². The number of morpholine rings is 1. The van der Waals surface area contributed by atoms with Gasteiger partial charge >= 0.3 is 0 Å². The van der Waals surface area contributed by atoms with Gasteiger partial charge in [0.05, 0.1) is 31.5 Å². The first-order valence-corrected chi connectivity index (χ1v) is 7.57. The molecule has 1 atom stereocenters. The minimum absolute atomic E-state index is 0.0113. The van der Waals surface area contributed by atoms with Crippen molar-refractivity contribution in [2.45, 2.75) is 19.6 Å². The average molecular weight is 319 g/mol. The maximum Gasteiger partial charge on any atom is 0.239 e. The van der Waals surface area contributed by atoms with Crippen LogP contribution in [0.5, 0.6) is 0 Å². The summed E-state index contributed by atoms with van der Waals surface area (Å²) in [6.07, 6.45) is 3.18. The maximum atomic E-state index is 12.2. The number of ether oxygens (including phenoxy) is 1. The maximum absolute atomic E-state index is 12.2. The van der Waals surface area contributed by atoms with Crippen molar-refractivity contribution in [2.24, 2.45) is 7.05 Å². The third kappa shape index (κ3) is 4.14. The monoisotopic (exact) mass is 319 g/mol. The van der Waals surface area contributed by atoms with E-state index in [0.29, 0.717) is 32.1 Å². The van der Waals surface area contributed by atoms with Gasteiger partial charge in [-0.1, -0.05) is 0 Å². The summed E-state index contributed by atoms with van der Waals surface area (Å²) < 4.78 is 9.14. The van der Waals surface area contributed by atoms with E-state index in [0.717, 1.165) is 12.2 Å². The Morgan fingerprint density at radius 1 is 1.52 bits per heavy atom. The topological polar surface area (TPSA) is 90.1 Å². The van der Waals surface area contributed by atoms with E-state index in [1.54, 1.807) is 15.7 Å². The van der Waals surface area contributed by atoms with Crippen molar-refractivity contribution >= 4 is 11.7 Å². The molecule has 1 aliphatic heterocycles. The SMILES string of the molecule is Cc1cc(NC(=O)CN2CCO[C@H](Cn3cncn3)C2)n(C)n1. The van der Waals surface area contributed by atoms with Crippen LogP contribution >= 0.6 is 0 Å². The molecule has 1 N–H and O–H groups in total. The second-order valence-electron chi connectivity index (χ2n) is 5.69. The average Bonchev–Trinajstić information content (AvgIpc) is 3.09. The molecule has 3 rings (SSSR count). The van der Waals surface area contributed by atoms with Crippen molar-refractivity contribution in [2.75, 3.05) is 31.6 Å². The summed E-state index contributed by atoms with van der Waals surface area (Å²) >= 11 is 0. The number of aryl methyl sites for hydroxylation is 2. The van der Waals surface area contributed by atoms with Gasteiger partial charge in [0.2, 0.25) is 5.91 Å². The smallest absolute Gasteiger partial charge is 0.239 e. The highest BCUT2D eigenvalue weighted by Gasteiger charge is 2.23. The predicted molar refractivity (Wildman–Crippen MR) is 82.8 cm³/mol. The van der Waals surface area contributed by atoms with E-state index in [2.05, 4.69) is 25.4 Å². The number of carbonyl (C=O) groups is 1. The lowest BCUT2D eigenvalue weighted by Gasteiger charge is -2.32. The van der Waals surface area contributed by atoms with Crippen LogP contribution in [0.25, 0.3) is 0 Å². The minimum Gasteiger partial charge on any atom is -0.374 e. The number of nitrogens with one attached hydrogen (secondary N) is 1. The van der Waals surface area contributed by atoms with E-state index >= 15 is 0 Å². The Hall–Kier alpha value is -2.26. The van der Waals surface area contributed by atoms with Crippen molar-refractivity contribution < 1.29 is 9.53 Å². The zero-order valence-electron chi connectivity index (χ0n) is 13.3. The molecule has 1 amide bonds. The lowest BCUT2D eigenvalue weighted by Crippen LogP contribution is -2.47. The van der Waals surface area contributed by atoms with Crippen molar-refractivity contribution in [3.63, 3.8) is 0 Å². The van der Waals surface area contributed by atoms with Gasteiger partial charge in [0.1, 0.15) is 18.5 Å². The fourth-order valence-corrected chi connectivity index (χ4v) is 2.68. The van der Waals surface area contributed by atoms with Crippen LogP contribution in [0.4, 0.5) is 5.82 Å². The molecule has 0 aromatic carbocycles. The lowest BCUT2D eigenvalue weighted by atomic mass is 10.2. The Morgan fingerprint density at radius 2 is 2.39 bits per heavy atom. The van der Waals surface area contributed by atoms with Crippen LogP contribution in [-0.2, 0) is 23.1 Å². The molecule has 9 nitrogen and oxygen atoms in total. The molecule has 9 heteroatoms. The highest BCUT2D eigenvalue weighted by Crippen LogP contribution is 2.10. The van der Waals surface area contributed by atoms with E-state index in [-0.39, 0.29) is 12.0 Å². The first-order valence-electron chi connectivity index (χ1n) is 7.57. The van der Waals surface area contributed by atoms with E-state index in [4.69, 9.17) is 4.74 Å². The molecule has 1 fully saturated rings. The number of carbonyl (C=O) groups excluding carboxylic acids is 1. The van der Waals surface area contributed by atoms with Crippen LogP contribution in [-0.4, -0.2) is 67.7 Å². The van der Waals surface area contributed by atoms with Gasteiger partial charge in [-0.15, -0.1) is 0 Å². The van der Waals surface area contributed by atoms with Crippen LogP contribution in [0.1, 0.15) is 5.69 Å². The van der Waals surface area contributed by atoms with Crippen molar-refractivity contribution in [1.82, 2.24) is 29.4 Å². The number of aromatic nitrogens is 5. The standard InChI is InChI=1S/C14H21N7O2/c1-11-5-13(19(2)18-11)17-14(22)8-20-3-4-23-12(6-20)7-21-10-15-9-16-21/h5,9-10,12H,3-4,6-8H2,1-2H3,(H,17,22)/t12-/m0/s1.